The minimum Gasteiger partial charge on any atom is -0.464 e. The third-order valence-corrected chi connectivity index (χ3v) is 2.02. The van der Waals surface area contributed by atoms with Gasteiger partial charge in [0.25, 0.3) is 6.43 Å². The van der Waals surface area contributed by atoms with Crippen molar-refractivity contribution in [2.75, 3.05) is 12.8 Å². The Morgan fingerprint density at radius 3 is 2.73 bits per heavy atom. The zero-order chi connectivity index (χ0) is 11.6. The molecule has 1 aromatic rings. The van der Waals surface area contributed by atoms with Gasteiger partial charge >= 0.3 is 5.97 Å². The number of halogens is 3. The van der Waals surface area contributed by atoms with Crippen LogP contribution in [0.25, 0.3) is 0 Å². The predicted molar refractivity (Wildman–Crippen MR) is 50.0 cm³/mol. The molecule has 15 heavy (non-hydrogen) atoms. The number of carbonyl (C=O) groups excluding carboxylic acids is 1. The van der Waals surface area contributed by atoms with Crippen molar-refractivity contribution < 1.29 is 18.3 Å². The van der Waals surface area contributed by atoms with Gasteiger partial charge in [-0.2, -0.15) is 0 Å². The summed E-state index contributed by atoms with van der Waals surface area (Å²) in [6.07, 6.45) is -2.90. The van der Waals surface area contributed by atoms with Crippen LogP contribution in [0.15, 0.2) is 6.07 Å². The molecule has 1 aromatic heterocycles. The summed E-state index contributed by atoms with van der Waals surface area (Å²) >= 11 is 5.49. The molecule has 0 saturated heterocycles. The van der Waals surface area contributed by atoms with Gasteiger partial charge in [0.15, 0.2) is 5.69 Å². The first kappa shape index (κ1) is 11.6. The van der Waals surface area contributed by atoms with E-state index in [0.29, 0.717) is 0 Å². The number of aromatic nitrogens is 1. The second kappa shape index (κ2) is 4.39. The first-order valence-corrected chi connectivity index (χ1v) is 4.17. The van der Waals surface area contributed by atoms with Crippen molar-refractivity contribution in [2.24, 2.45) is 0 Å². The molecule has 0 aromatic carbocycles. The quantitative estimate of drug-likeness (QED) is 0.798. The fourth-order valence-corrected chi connectivity index (χ4v) is 1.10. The Morgan fingerprint density at radius 1 is 1.67 bits per heavy atom. The van der Waals surface area contributed by atoms with Crippen LogP contribution in [0.1, 0.15) is 22.6 Å². The highest BCUT2D eigenvalue weighted by Gasteiger charge is 2.20. The number of alkyl halides is 2. The van der Waals surface area contributed by atoms with Gasteiger partial charge in [0.05, 0.1) is 17.8 Å². The highest BCUT2D eigenvalue weighted by Crippen LogP contribution is 2.30. The highest BCUT2D eigenvalue weighted by atomic mass is 35.5. The van der Waals surface area contributed by atoms with Gasteiger partial charge in [-0.1, -0.05) is 11.6 Å². The van der Waals surface area contributed by atoms with E-state index in [-0.39, 0.29) is 16.4 Å². The molecule has 82 valence electrons. The Labute approximate surface area is 89.0 Å². The van der Waals surface area contributed by atoms with Gasteiger partial charge in [-0.15, -0.1) is 0 Å². The number of esters is 1. The summed E-state index contributed by atoms with van der Waals surface area (Å²) in [5.74, 6) is -0.847. The number of carbonyl (C=O) groups is 1. The van der Waals surface area contributed by atoms with E-state index < -0.39 is 18.1 Å². The number of methoxy groups -OCH3 is 1. The molecule has 0 amide bonds. The Bertz CT molecular complexity index is 398. The van der Waals surface area contributed by atoms with E-state index in [1.54, 1.807) is 0 Å². The summed E-state index contributed by atoms with van der Waals surface area (Å²) < 4.78 is 29.1. The molecular weight excluding hydrogens is 230 g/mol. The molecular formula is C8H7ClF2N2O2. The normalized spacial score (nSPS) is 10.5. The van der Waals surface area contributed by atoms with Gasteiger partial charge in [-0.25, -0.2) is 18.6 Å². The van der Waals surface area contributed by atoms with E-state index in [1.807, 2.05) is 0 Å². The minimum atomic E-state index is -2.90. The summed E-state index contributed by atoms with van der Waals surface area (Å²) in [6, 6.07) is 1.08. The molecule has 1 heterocycles. The Hall–Kier alpha value is -1.43. The number of rotatable bonds is 2. The lowest BCUT2D eigenvalue weighted by atomic mass is 10.2. The third-order valence-electron chi connectivity index (χ3n) is 1.61. The fourth-order valence-electron chi connectivity index (χ4n) is 0.923. The average Bonchev–Trinajstić information content (AvgIpc) is 2.20. The van der Waals surface area contributed by atoms with Gasteiger partial charge in [0.2, 0.25) is 0 Å². The van der Waals surface area contributed by atoms with E-state index in [4.69, 9.17) is 17.3 Å². The van der Waals surface area contributed by atoms with Gasteiger partial charge in [0.1, 0.15) is 5.69 Å². The molecule has 0 bridgehead atoms. The van der Waals surface area contributed by atoms with E-state index in [1.165, 1.54) is 0 Å². The zero-order valence-corrected chi connectivity index (χ0v) is 8.39. The maximum Gasteiger partial charge on any atom is 0.356 e. The predicted octanol–water partition coefficient (Wildman–Crippen LogP) is 2.04. The number of ether oxygens (including phenoxy) is 1. The van der Waals surface area contributed by atoms with Crippen LogP contribution in [0.3, 0.4) is 0 Å². The van der Waals surface area contributed by atoms with Gasteiger partial charge < -0.3 is 10.5 Å². The van der Waals surface area contributed by atoms with Crippen LogP contribution in [0.2, 0.25) is 5.02 Å². The number of nitrogen functional groups attached to an aromatic ring is 1. The number of nitrogens with two attached hydrogens (primary N) is 1. The lowest BCUT2D eigenvalue weighted by Gasteiger charge is -2.07. The molecule has 0 fully saturated rings. The molecule has 1 rings (SSSR count). The molecule has 4 nitrogen and oxygen atoms in total. The largest absolute Gasteiger partial charge is 0.464 e. The second-order valence-corrected chi connectivity index (χ2v) is 2.97. The van der Waals surface area contributed by atoms with E-state index >= 15 is 0 Å². The van der Waals surface area contributed by atoms with Crippen molar-refractivity contribution >= 4 is 23.3 Å². The topological polar surface area (TPSA) is 65.2 Å². The monoisotopic (exact) mass is 236 g/mol. The van der Waals surface area contributed by atoms with Crippen LogP contribution in [-0.4, -0.2) is 18.1 Å². The lowest BCUT2D eigenvalue weighted by Crippen LogP contribution is -2.08. The molecule has 0 aliphatic rings. The molecule has 0 aliphatic heterocycles. The zero-order valence-electron chi connectivity index (χ0n) is 7.63. The SMILES string of the molecule is COC(=O)c1cc(N)c(Cl)c(C(F)F)n1. The lowest BCUT2D eigenvalue weighted by molar-refractivity contribution is 0.0592. The van der Waals surface area contributed by atoms with Crippen LogP contribution < -0.4 is 5.73 Å². The first-order valence-electron chi connectivity index (χ1n) is 3.79. The second-order valence-electron chi connectivity index (χ2n) is 2.59. The molecule has 0 saturated carbocycles. The summed E-state index contributed by atoms with van der Waals surface area (Å²) in [5.41, 5.74) is 4.18. The van der Waals surface area contributed by atoms with E-state index in [9.17, 15) is 13.6 Å². The minimum absolute atomic E-state index is 0.137. The average molecular weight is 237 g/mol. The van der Waals surface area contributed by atoms with Crippen LogP contribution in [-0.2, 0) is 4.74 Å². The summed E-state index contributed by atoms with van der Waals surface area (Å²) in [7, 11) is 1.11. The first-order chi connectivity index (χ1) is 6.97. The summed E-state index contributed by atoms with van der Waals surface area (Å²) in [5, 5.41) is -0.349. The molecule has 0 radical (unpaired) electrons. The Morgan fingerprint density at radius 2 is 2.27 bits per heavy atom. The maximum atomic E-state index is 12.4. The number of hydrogen-bond donors (Lipinski definition) is 1. The van der Waals surface area contributed by atoms with Crippen molar-refractivity contribution in [1.82, 2.24) is 4.98 Å². The van der Waals surface area contributed by atoms with Gasteiger partial charge in [-0.3, -0.25) is 0 Å². The number of hydrogen-bond acceptors (Lipinski definition) is 4. The van der Waals surface area contributed by atoms with Crippen molar-refractivity contribution in [2.45, 2.75) is 6.43 Å². The van der Waals surface area contributed by atoms with Gasteiger partial charge in [-0.05, 0) is 6.07 Å². The van der Waals surface area contributed by atoms with Crippen molar-refractivity contribution in [3.63, 3.8) is 0 Å². The third kappa shape index (κ3) is 2.33. The van der Waals surface area contributed by atoms with Crippen molar-refractivity contribution in [1.29, 1.82) is 0 Å². The van der Waals surface area contributed by atoms with Crippen LogP contribution in [0, 0.1) is 0 Å². The standard InChI is InChI=1S/C8H7ClF2N2O2/c1-15-8(14)4-2-3(12)5(9)6(13-4)7(10)11/h2,7H,1H3,(H2,12,13). The molecule has 0 atom stereocenters. The Kier molecular flexibility index (Phi) is 3.41. The van der Waals surface area contributed by atoms with E-state index in [0.717, 1.165) is 13.2 Å². The van der Waals surface area contributed by atoms with E-state index in [2.05, 4.69) is 9.72 Å². The maximum absolute atomic E-state index is 12.4. The van der Waals surface area contributed by atoms with Crippen LogP contribution >= 0.6 is 11.6 Å². The number of pyridine rings is 1. The molecule has 0 spiro atoms. The Balaban J connectivity index is 3.29. The highest BCUT2D eigenvalue weighted by molar-refractivity contribution is 6.33. The molecule has 0 aliphatic carbocycles. The summed E-state index contributed by atoms with van der Waals surface area (Å²) in [6.45, 7) is 0. The molecule has 0 unspecified atom stereocenters. The summed E-state index contributed by atoms with van der Waals surface area (Å²) in [4.78, 5) is 14.4. The fraction of sp³-hybridized carbons (Fsp3) is 0.250. The molecule has 2 N–H and O–H groups in total. The van der Waals surface area contributed by atoms with Crippen molar-refractivity contribution in [3.05, 3.63) is 22.5 Å². The smallest absolute Gasteiger partial charge is 0.356 e. The number of anilines is 1. The van der Waals surface area contributed by atoms with Crippen LogP contribution in [0.4, 0.5) is 14.5 Å². The van der Waals surface area contributed by atoms with Crippen LogP contribution in [0.5, 0.6) is 0 Å². The number of nitrogens with zero attached hydrogens (tertiary/aromatic N) is 1. The van der Waals surface area contributed by atoms with Crippen molar-refractivity contribution in [3.8, 4) is 0 Å². The van der Waals surface area contributed by atoms with Gasteiger partial charge in [0, 0.05) is 0 Å². The molecule has 7 heteroatoms.